The van der Waals surface area contributed by atoms with Gasteiger partial charge in [-0.05, 0) is 37.1 Å². The van der Waals surface area contributed by atoms with E-state index < -0.39 is 10.0 Å². The Balaban J connectivity index is 1.53. The van der Waals surface area contributed by atoms with E-state index >= 15 is 0 Å². The van der Waals surface area contributed by atoms with Gasteiger partial charge in [-0.2, -0.15) is 5.10 Å². The van der Waals surface area contributed by atoms with Crippen molar-refractivity contribution in [3.8, 4) is 11.1 Å². The molecule has 1 aromatic carbocycles. The van der Waals surface area contributed by atoms with Gasteiger partial charge in [0.1, 0.15) is 0 Å². The lowest BCUT2D eigenvalue weighted by Crippen LogP contribution is -2.13. The molecule has 9 heteroatoms. The number of aromatic amines is 1. The summed E-state index contributed by atoms with van der Waals surface area (Å²) in [5, 5.41) is 8.40. The van der Waals surface area contributed by atoms with Crippen LogP contribution >= 0.6 is 11.6 Å². The maximum atomic E-state index is 12.6. The Morgan fingerprint density at radius 3 is 2.52 bits per heavy atom. The van der Waals surface area contributed by atoms with Gasteiger partial charge < -0.3 is 0 Å². The smallest absolute Gasteiger partial charge is 0.261 e. The molecule has 0 aliphatic heterocycles. The molecular weight excluding hydrogens is 410 g/mol. The van der Waals surface area contributed by atoms with Crippen molar-refractivity contribution in [1.82, 2.24) is 20.2 Å². The maximum Gasteiger partial charge on any atom is 0.261 e. The van der Waals surface area contributed by atoms with E-state index in [4.69, 9.17) is 11.6 Å². The molecule has 1 aliphatic carbocycles. The molecule has 0 atom stereocenters. The second-order valence-corrected chi connectivity index (χ2v) is 9.03. The Bertz CT molecular complexity index is 1320. The maximum absolute atomic E-state index is 12.6. The highest BCUT2D eigenvalue weighted by atomic mass is 35.5. The lowest BCUT2D eigenvalue weighted by atomic mass is 10.1. The highest BCUT2D eigenvalue weighted by Gasteiger charge is 2.27. The molecule has 5 rings (SSSR count). The normalized spacial score (nSPS) is 14.2. The van der Waals surface area contributed by atoms with Crippen molar-refractivity contribution < 1.29 is 8.42 Å². The van der Waals surface area contributed by atoms with E-state index in [0.717, 1.165) is 29.5 Å². The van der Waals surface area contributed by atoms with Crippen molar-refractivity contribution in [2.24, 2.45) is 0 Å². The van der Waals surface area contributed by atoms with Crippen LogP contribution in [0.1, 0.15) is 24.5 Å². The van der Waals surface area contributed by atoms with Gasteiger partial charge in [0.2, 0.25) is 0 Å². The van der Waals surface area contributed by atoms with Crippen molar-refractivity contribution in [2.75, 3.05) is 4.72 Å². The lowest BCUT2D eigenvalue weighted by Gasteiger charge is -2.11. The van der Waals surface area contributed by atoms with E-state index in [-0.39, 0.29) is 15.7 Å². The lowest BCUT2D eigenvalue weighted by molar-refractivity contribution is 0.601. The predicted molar refractivity (Wildman–Crippen MR) is 111 cm³/mol. The summed E-state index contributed by atoms with van der Waals surface area (Å²) in [6, 6.07) is 11.8. The third kappa shape index (κ3) is 3.45. The number of sulfonamides is 1. The Labute approximate surface area is 172 Å². The first-order chi connectivity index (χ1) is 14.0. The number of anilines is 1. The molecule has 29 heavy (non-hydrogen) atoms. The summed E-state index contributed by atoms with van der Waals surface area (Å²) < 4.78 is 27.8. The first kappa shape index (κ1) is 18.1. The highest BCUT2D eigenvalue weighted by Crippen LogP contribution is 2.42. The largest absolute Gasteiger partial charge is 0.279 e. The number of hydrogen-bond donors (Lipinski definition) is 2. The number of H-pyrrole nitrogens is 1. The molecule has 4 aromatic rings. The standard InChI is InChI=1S/C20H16ClN5O2S/c21-19-17(26-29(27,28)15-4-2-1-3-5-15)9-14(10-22-19)13-8-16-18(12-6-7-12)24-25-20(16)23-11-13/h1-5,8-12,26H,6-7H2,(H,23,24,25). The van der Waals surface area contributed by atoms with E-state index in [0.29, 0.717) is 17.1 Å². The third-order valence-electron chi connectivity index (χ3n) is 4.89. The van der Waals surface area contributed by atoms with Gasteiger partial charge in [-0.3, -0.25) is 9.82 Å². The third-order valence-corrected chi connectivity index (χ3v) is 6.58. The minimum atomic E-state index is -3.78. The van der Waals surface area contributed by atoms with Crippen molar-refractivity contribution in [1.29, 1.82) is 0 Å². The number of halogens is 1. The zero-order valence-electron chi connectivity index (χ0n) is 15.1. The molecule has 0 radical (unpaired) electrons. The summed E-state index contributed by atoms with van der Waals surface area (Å²) in [5.41, 5.74) is 3.49. The van der Waals surface area contributed by atoms with Gasteiger partial charge in [0.25, 0.3) is 10.0 Å². The number of pyridine rings is 2. The van der Waals surface area contributed by atoms with Gasteiger partial charge >= 0.3 is 0 Å². The summed E-state index contributed by atoms with van der Waals surface area (Å²) in [4.78, 5) is 8.73. The molecule has 0 bridgehead atoms. The van der Waals surface area contributed by atoms with Crippen LogP contribution in [0.4, 0.5) is 5.69 Å². The number of fused-ring (bicyclic) bond motifs is 1. The topological polar surface area (TPSA) is 101 Å². The average molecular weight is 426 g/mol. The number of hydrogen-bond acceptors (Lipinski definition) is 5. The van der Waals surface area contributed by atoms with Crippen LogP contribution in [0.2, 0.25) is 5.15 Å². The molecule has 1 fully saturated rings. The molecule has 3 aromatic heterocycles. The molecule has 0 saturated heterocycles. The predicted octanol–water partition coefficient (Wildman–Crippen LogP) is 4.35. The van der Waals surface area contributed by atoms with Gasteiger partial charge in [-0.25, -0.2) is 18.4 Å². The first-order valence-corrected chi connectivity index (χ1v) is 11.0. The van der Waals surface area contributed by atoms with Crippen LogP contribution in [0.3, 0.4) is 0 Å². The SMILES string of the molecule is O=S(=O)(Nc1cc(-c2cnc3n[nH]c(C4CC4)c3c2)cnc1Cl)c1ccccc1. The Morgan fingerprint density at radius 1 is 1.03 bits per heavy atom. The number of rotatable bonds is 5. The second kappa shape index (κ2) is 6.82. The number of benzene rings is 1. The zero-order valence-corrected chi connectivity index (χ0v) is 16.7. The van der Waals surface area contributed by atoms with Crippen LogP contribution in [-0.2, 0) is 10.0 Å². The molecule has 146 valence electrons. The second-order valence-electron chi connectivity index (χ2n) is 6.99. The molecule has 1 saturated carbocycles. The molecule has 0 spiro atoms. The van der Waals surface area contributed by atoms with Crippen LogP contribution in [0, 0.1) is 0 Å². The Hall–Kier alpha value is -2.97. The fraction of sp³-hybridized carbons (Fsp3) is 0.150. The van der Waals surface area contributed by atoms with Crippen molar-refractivity contribution >= 4 is 38.3 Å². The van der Waals surface area contributed by atoms with Crippen molar-refractivity contribution in [3.63, 3.8) is 0 Å². The van der Waals surface area contributed by atoms with E-state index in [1.165, 1.54) is 12.1 Å². The first-order valence-electron chi connectivity index (χ1n) is 9.09. The van der Waals surface area contributed by atoms with Crippen LogP contribution in [0.15, 0.2) is 59.8 Å². The fourth-order valence-corrected chi connectivity index (χ4v) is 4.53. The van der Waals surface area contributed by atoms with E-state index in [1.807, 2.05) is 6.07 Å². The van der Waals surface area contributed by atoms with Crippen molar-refractivity contribution in [2.45, 2.75) is 23.7 Å². The summed E-state index contributed by atoms with van der Waals surface area (Å²) >= 11 is 6.16. The Kier molecular flexibility index (Phi) is 4.25. The summed E-state index contributed by atoms with van der Waals surface area (Å²) in [7, 11) is -3.78. The van der Waals surface area contributed by atoms with Gasteiger partial charge in [-0.15, -0.1) is 0 Å². The summed E-state index contributed by atoms with van der Waals surface area (Å²) in [5.74, 6) is 0.508. The summed E-state index contributed by atoms with van der Waals surface area (Å²) in [6.45, 7) is 0. The molecule has 1 aliphatic rings. The number of nitrogens with one attached hydrogen (secondary N) is 2. The number of aromatic nitrogens is 4. The number of nitrogens with zero attached hydrogens (tertiary/aromatic N) is 3. The monoisotopic (exact) mass is 425 g/mol. The van der Waals surface area contributed by atoms with Crippen LogP contribution in [0.25, 0.3) is 22.2 Å². The van der Waals surface area contributed by atoms with Crippen LogP contribution in [-0.4, -0.2) is 28.6 Å². The van der Waals surface area contributed by atoms with Gasteiger partial charge in [-0.1, -0.05) is 29.8 Å². The van der Waals surface area contributed by atoms with Crippen LogP contribution < -0.4 is 4.72 Å². The summed E-state index contributed by atoms with van der Waals surface area (Å²) in [6.07, 6.45) is 5.59. The van der Waals surface area contributed by atoms with E-state index in [1.54, 1.807) is 36.7 Å². The minimum Gasteiger partial charge on any atom is -0.279 e. The Morgan fingerprint density at radius 2 is 1.76 bits per heavy atom. The molecule has 2 N–H and O–H groups in total. The zero-order chi connectivity index (χ0) is 20.0. The molecule has 7 nitrogen and oxygen atoms in total. The van der Waals surface area contributed by atoms with E-state index in [9.17, 15) is 8.42 Å². The molecular formula is C20H16ClN5O2S. The molecule has 0 amide bonds. The van der Waals surface area contributed by atoms with E-state index in [2.05, 4.69) is 24.9 Å². The quantitative estimate of drug-likeness (QED) is 0.463. The van der Waals surface area contributed by atoms with Gasteiger partial charge in [0, 0.05) is 40.5 Å². The molecule has 0 unspecified atom stereocenters. The average Bonchev–Trinajstić information content (AvgIpc) is 3.49. The van der Waals surface area contributed by atoms with Gasteiger partial charge in [0.05, 0.1) is 10.6 Å². The fourth-order valence-electron chi connectivity index (χ4n) is 3.24. The van der Waals surface area contributed by atoms with Crippen molar-refractivity contribution in [3.05, 3.63) is 65.7 Å². The van der Waals surface area contributed by atoms with Crippen LogP contribution in [0.5, 0.6) is 0 Å². The molecule has 3 heterocycles. The highest BCUT2D eigenvalue weighted by molar-refractivity contribution is 7.92. The van der Waals surface area contributed by atoms with Gasteiger partial charge in [0.15, 0.2) is 10.8 Å². The minimum absolute atomic E-state index is 0.0734.